The van der Waals surface area contributed by atoms with Gasteiger partial charge in [0.05, 0.1) is 5.69 Å². The number of amides is 1. The van der Waals surface area contributed by atoms with E-state index >= 15 is 0 Å². The van der Waals surface area contributed by atoms with Crippen LogP contribution < -0.4 is 10.9 Å². The summed E-state index contributed by atoms with van der Waals surface area (Å²) in [4.78, 5) is 28.2. The molecule has 0 aliphatic heterocycles. The minimum Gasteiger partial charge on any atom is -0.324 e. The highest BCUT2D eigenvalue weighted by atomic mass is 16.2. The van der Waals surface area contributed by atoms with Gasteiger partial charge in [0.2, 0.25) is 5.91 Å². The zero-order chi connectivity index (χ0) is 21.9. The maximum atomic E-state index is 12.4. The van der Waals surface area contributed by atoms with E-state index in [9.17, 15) is 9.59 Å². The summed E-state index contributed by atoms with van der Waals surface area (Å²) in [5.41, 5.74) is 3.19. The predicted octanol–water partition coefficient (Wildman–Crippen LogP) is 2.05. The minimum atomic E-state index is -0.356. The van der Waals surface area contributed by atoms with Crippen LogP contribution in [0.3, 0.4) is 0 Å². The normalized spacial score (nSPS) is 10.9. The molecule has 0 unspecified atom stereocenters. The summed E-state index contributed by atoms with van der Waals surface area (Å²) in [6, 6.07) is 17.5. The number of nitrogens with one attached hydrogen (secondary N) is 1. The lowest BCUT2D eigenvalue weighted by atomic mass is 10.1. The molecule has 5 rings (SSSR count). The molecule has 4 heterocycles. The number of hydrogen-bond donors (Lipinski definition) is 1. The van der Waals surface area contributed by atoms with E-state index in [4.69, 9.17) is 0 Å². The molecule has 0 radical (unpaired) electrons. The predicted molar refractivity (Wildman–Crippen MR) is 117 cm³/mol. The monoisotopic (exact) mass is 424 g/mol. The summed E-state index contributed by atoms with van der Waals surface area (Å²) in [5.74, 6) is 0.250. The van der Waals surface area contributed by atoms with Gasteiger partial charge in [-0.3, -0.25) is 14.6 Å². The number of hydrogen-bond acceptors (Lipinski definition) is 7. The molecule has 0 aliphatic carbocycles. The summed E-state index contributed by atoms with van der Waals surface area (Å²) in [5, 5.41) is 19.8. The van der Waals surface area contributed by atoms with Crippen molar-refractivity contribution in [2.75, 3.05) is 5.32 Å². The van der Waals surface area contributed by atoms with E-state index in [1.165, 1.54) is 18.3 Å². The lowest BCUT2D eigenvalue weighted by Gasteiger charge is -2.08. The van der Waals surface area contributed by atoms with Crippen LogP contribution in [0, 0.1) is 0 Å². The molecule has 0 spiro atoms. The van der Waals surface area contributed by atoms with Crippen LogP contribution in [0.2, 0.25) is 0 Å². The van der Waals surface area contributed by atoms with Crippen LogP contribution in [0.1, 0.15) is 0 Å². The van der Waals surface area contributed by atoms with Gasteiger partial charge in [-0.05, 0) is 42.5 Å². The second-order valence-electron chi connectivity index (χ2n) is 6.90. The molecule has 0 bridgehead atoms. The van der Waals surface area contributed by atoms with E-state index in [-0.39, 0.29) is 18.0 Å². The van der Waals surface area contributed by atoms with E-state index < -0.39 is 0 Å². The Morgan fingerprint density at radius 3 is 2.62 bits per heavy atom. The molecule has 10 nitrogen and oxygen atoms in total. The van der Waals surface area contributed by atoms with E-state index in [2.05, 4.69) is 30.7 Å². The van der Waals surface area contributed by atoms with E-state index in [1.807, 2.05) is 42.5 Å². The van der Waals surface area contributed by atoms with E-state index in [0.717, 1.165) is 15.8 Å². The fourth-order valence-corrected chi connectivity index (χ4v) is 3.22. The molecule has 0 aliphatic rings. The van der Waals surface area contributed by atoms with Crippen LogP contribution in [0.25, 0.3) is 28.3 Å². The van der Waals surface area contributed by atoms with Gasteiger partial charge in [0, 0.05) is 41.5 Å². The van der Waals surface area contributed by atoms with Crippen molar-refractivity contribution in [3.05, 3.63) is 89.6 Å². The Kier molecular flexibility index (Phi) is 4.92. The summed E-state index contributed by atoms with van der Waals surface area (Å²) in [6.45, 7) is -0.176. The van der Waals surface area contributed by atoms with Gasteiger partial charge in [0.25, 0.3) is 5.56 Å². The second kappa shape index (κ2) is 8.19. The summed E-state index contributed by atoms with van der Waals surface area (Å²) in [7, 11) is 0. The third kappa shape index (κ3) is 3.84. The molecule has 32 heavy (non-hydrogen) atoms. The van der Waals surface area contributed by atoms with Crippen LogP contribution in [-0.2, 0) is 11.3 Å². The van der Waals surface area contributed by atoms with Crippen molar-refractivity contribution in [2.45, 2.75) is 6.54 Å². The molecular formula is C22H16N8O2. The fourth-order valence-electron chi connectivity index (χ4n) is 3.22. The Bertz CT molecular complexity index is 1480. The van der Waals surface area contributed by atoms with Crippen molar-refractivity contribution in [1.29, 1.82) is 0 Å². The molecule has 5 aromatic rings. The molecule has 156 valence electrons. The Labute approximate surface area is 181 Å². The third-order valence-electron chi connectivity index (χ3n) is 4.72. The lowest BCUT2D eigenvalue weighted by molar-refractivity contribution is -0.117. The second-order valence-corrected chi connectivity index (χ2v) is 6.90. The topological polar surface area (TPSA) is 120 Å². The molecular weight excluding hydrogens is 408 g/mol. The Morgan fingerprint density at radius 2 is 1.78 bits per heavy atom. The number of pyridine rings is 1. The largest absolute Gasteiger partial charge is 0.324 e. The summed E-state index contributed by atoms with van der Waals surface area (Å²) < 4.78 is 2.77. The van der Waals surface area contributed by atoms with Crippen LogP contribution in [0.5, 0.6) is 0 Å². The molecule has 1 amide bonds. The number of carbonyl (C=O) groups excluding carboxylic acids is 1. The highest BCUT2D eigenvalue weighted by molar-refractivity contribution is 5.91. The average Bonchev–Trinajstić information content (AvgIpc) is 3.25. The lowest BCUT2D eigenvalue weighted by Crippen LogP contribution is -2.28. The van der Waals surface area contributed by atoms with Gasteiger partial charge in [-0.2, -0.15) is 14.7 Å². The number of nitrogens with zero attached hydrogens (tertiary/aromatic N) is 7. The zero-order valence-electron chi connectivity index (χ0n) is 16.7. The summed E-state index contributed by atoms with van der Waals surface area (Å²) in [6.07, 6.45) is 4.83. The van der Waals surface area contributed by atoms with Crippen molar-refractivity contribution in [3.8, 4) is 22.6 Å². The summed E-state index contributed by atoms with van der Waals surface area (Å²) >= 11 is 0. The number of anilines is 1. The Hall–Kier alpha value is -4.73. The number of aromatic nitrogens is 7. The van der Waals surface area contributed by atoms with Gasteiger partial charge in [0.15, 0.2) is 11.5 Å². The molecule has 1 N–H and O–H groups in total. The van der Waals surface area contributed by atoms with Gasteiger partial charge >= 0.3 is 0 Å². The van der Waals surface area contributed by atoms with E-state index in [0.29, 0.717) is 22.9 Å². The first-order valence-corrected chi connectivity index (χ1v) is 9.73. The van der Waals surface area contributed by atoms with Crippen LogP contribution in [0.15, 0.2) is 84.0 Å². The molecule has 1 aromatic carbocycles. The van der Waals surface area contributed by atoms with Gasteiger partial charge in [-0.1, -0.05) is 12.1 Å². The molecule has 4 aromatic heterocycles. The number of carbonyl (C=O) groups is 1. The fraction of sp³-hybridized carbons (Fsp3) is 0.0455. The first-order valence-electron chi connectivity index (χ1n) is 9.73. The number of benzene rings is 1. The first-order chi connectivity index (χ1) is 15.7. The standard InChI is InChI=1S/C22H16N8O2/c31-20(14-29-21(32)5-2-10-24-29)25-17-4-1-3-16(13-17)18-6-7-19-26-27-22(30(19)28-18)15-8-11-23-12-9-15/h1-13H,14H2,(H,25,31). The zero-order valence-corrected chi connectivity index (χ0v) is 16.7. The third-order valence-corrected chi connectivity index (χ3v) is 4.72. The SMILES string of the molecule is O=C(Cn1ncccc1=O)Nc1cccc(-c2ccc3nnc(-c4ccncc4)n3n2)c1. The Morgan fingerprint density at radius 1 is 0.906 bits per heavy atom. The maximum absolute atomic E-state index is 12.4. The van der Waals surface area contributed by atoms with Crippen molar-refractivity contribution in [3.63, 3.8) is 0 Å². The highest BCUT2D eigenvalue weighted by Gasteiger charge is 2.12. The van der Waals surface area contributed by atoms with E-state index in [1.54, 1.807) is 23.0 Å². The average molecular weight is 424 g/mol. The van der Waals surface area contributed by atoms with Gasteiger partial charge in [-0.25, -0.2) is 4.68 Å². The van der Waals surface area contributed by atoms with Crippen molar-refractivity contribution < 1.29 is 4.79 Å². The number of rotatable bonds is 5. The van der Waals surface area contributed by atoms with Crippen molar-refractivity contribution >= 4 is 17.2 Å². The molecule has 0 fully saturated rings. The van der Waals surface area contributed by atoms with Crippen LogP contribution in [0.4, 0.5) is 5.69 Å². The maximum Gasteiger partial charge on any atom is 0.267 e. The first kappa shape index (κ1) is 19.2. The van der Waals surface area contributed by atoms with Crippen molar-refractivity contribution in [1.82, 2.24) is 34.6 Å². The highest BCUT2D eigenvalue weighted by Crippen LogP contribution is 2.23. The molecule has 10 heteroatoms. The van der Waals surface area contributed by atoms with Gasteiger partial charge in [0.1, 0.15) is 6.54 Å². The smallest absolute Gasteiger partial charge is 0.267 e. The minimum absolute atomic E-state index is 0.176. The Balaban J connectivity index is 1.42. The molecule has 0 atom stereocenters. The van der Waals surface area contributed by atoms with Gasteiger partial charge < -0.3 is 5.32 Å². The van der Waals surface area contributed by atoms with Crippen LogP contribution in [-0.4, -0.2) is 40.5 Å². The quantitative estimate of drug-likeness (QED) is 0.458. The number of fused-ring (bicyclic) bond motifs is 1. The van der Waals surface area contributed by atoms with Crippen LogP contribution >= 0.6 is 0 Å². The molecule has 0 saturated heterocycles. The van der Waals surface area contributed by atoms with Gasteiger partial charge in [-0.15, -0.1) is 10.2 Å². The molecule has 0 saturated carbocycles. The van der Waals surface area contributed by atoms with Crippen molar-refractivity contribution in [2.24, 2.45) is 0 Å².